The lowest BCUT2D eigenvalue weighted by Gasteiger charge is -2.33. The zero-order valence-corrected chi connectivity index (χ0v) is 16.6. The molecule has 1 N–H and O–H groups in total. The van der Waals surface area contributed by atoms with E-state index in [-0.39, 0.29) is 0 Å². The molecule has 4 rings (SSSR count). The molecule has 0 amide bonds. The third kappa shape index (κ3) is 4.47. The highest BCUT2D eigenvalue weighted by Crippen LogP contribution is 2.18. The molecule has 0 atom stereocenters. The van der Waals surface area contributed by atoms with Crippen LogP contribution in [0.1, 0.15) is 11.5 Å². The maximum Gasteiger partial charge on any atom is 0.217 e. The number of rotatable bonds is 5. The average molecular weight is 405 g/mol. The fraction of sp³-hybridized carbons (Fsp3) is 0.389. The van der Waals surface area contributed by atoms with Gasteiger partial charge in [-0.1, -0.05) is 16.8 Å². The average Bonchev–Trinajstić information content (AvgIpc) is 3.23. The van der Waals surface area contributed by atoms with Gasteiger partial charge in [0.25, 0.3) is 0 Å². The van der Waals surface area contributed by atoms with Gasteiger partial charge >= 0.3 is 0 Å². The van der Waals surface area contributed by atoms with Crippen LogP contribution in [0.25, 0.3) is 11.4 Å². The lowest BCUT2D eigenvalue weighted by molar-refractivity contribution is 0.0921. The number of piperazine rings is 1. The Morgan fingerprint density at radius 2 is 1.85 bits per heavy atom. The largest absolute Gasteiger partial charge is 0.360 e. The minimum absolute atomic E-state index is 0.555. The Balaban J connectivity index is 1.35. The fourth-order valence-electron chi connectivity index (χ4n) is 3.19. The molecule has 1 saturated heterocycles. The van der Waals surface area contributed by atoms with E-state index in [0.717, 1.165) is 55.6 Å². The third-order valence-electron chi connectivity index (χ3n) is 4.66. The van der Waals surface area contributed by atoms with Crippen molar-refractivity contribution in [3.05, 3.63) is 51.6 Å². The van der Waals surface area contributed by atoms with Gasteiger partial charge in [0, 0.05) is 42.8 Å². The van der Waals surface area contributed by atoms with Gasteiger partial charge in [0.05, 0.1) is 18.9 Å². The summed E-state index contributed by atoms with van der Waals surface area (Å²) in [6, 6.07) is 9.56. The first kappa shape index (κ1) is 18.4. The van der Waals surface area contributed by atoms with Gasteiger partial charge in [-0.05, 0) is 43.4 Å². The van der Waals surface area contributed by atoms with Crippen molar-refractivity contribution in [2.45, 2.75) is 20.1 Å². The van der Waals surface area contributed by atoms with Crippen LogP contribution in [0.2, 0.25) is 5.02 Å². The van der Waals surface area contributed by atoms with E-state index in [1.54, 1.807) is 0 Å². The van der Waals surface area contributed by atoms with Crippen LogP contribution in [0.4, 0.5) is 0 Å². The molecule has 7 nitrogen and oxygen atoms in total. The first-order valence-electron chi connectivity index (χ1n) is 8.86. The number of halogens is 1. The fourth-order valence-corrected chi connectivity index (χ4v) is 3.51. The zero-order valence-electron chi connectivity index (χ0n) is 15.1. The zero-order chi connectivity index (χ0) is 18.8. The van der Waals surface area contributed by atoms with E-state index >= 15 is 0 Å². The van der Waals surface area contributed by atoms with Crippen LogP contribution in [-0.2, 0) is 13.2 Å². The summed E-state index contributed by atoms with van der Waals surface area (Å²) < 4.78 is 7.78. The number of nitrogens with one attached hydrogen (secondary N) is 1. The molecule has 0 unspecified atom stereocenters. The second kappa shape index (κ2) is 7.93. The number of hydrogen-bond donors (Lipinski definition) is 1. The van der Waals surface area contributed by atoms with E-state index < -0.39 is 0 Å². The van der Waals surface area contributed by atoms with Crippen molar-refractivity contribution in [2.75, 3.05) is 26.2 Å². The topological polar surface area (TPSA) is 66.1 Å². The van der Waals surface area contributed by atoms with E-state index in [4.69, 9.17) is 28.3 Å². The minimum Gasteiger partial charge on any atom is -0.360 e. The number of aromatic nitrogens is 4. The second-order valence-electron chi connectivity index (χ2n) is 6.76. The van der Waals surface area contributed by atoms with Crippen molar-refractivity contribution in [1.29, 1.82) is 0 Å². The molecule has 9 heteroatoms. The maximum absolute atomic E-state index is 5.95. The molecule has 1 aliphatic heterocycles. The van der Waals surface area contributed by atoms with Gasteiger partial charge in [0.1, 0.15) is 0 Å². The van der Waals surface area contributed by atoms with E-state index in [2.05, 4.69) is 25.0 Å². The molecule has 3 aromatic rings. The Hall–Kier alpha value is -2.00. The van der Waals surface area contributed by atoms with Crippen molar-refractivity contribution in [1.82, 2.24) is 29.7 Å². The van der Waals surface area contributed by atoms with Crippen LogP contribution < -0.4 is 0 Å². The number of aromatic amines is 1. The van der Waals surface area contributed by atoms with Crippen LogP contribution in [-0.4, -0.2) is 55.9 Å². The molecular formula is C18H21ClN6OS. The Morgan fingerprint density at radius 3 is 2.52 bits per heavy atom. The summed E-state index contributed by atoms with van der Waals surface area (Å²) in [4.78, 5) is 9.21. The third-order valence-corrected chi connectivity index (χ3v) is 5.22. The lowest BCUT2D eigenvalue weighted by atomic mass is 10.2. The monoisotopic (exact) mass is 404 g/mol. The molecule has 1 aliphatic rings. The highest BCUT2D eigenvalue weighted by atomic mass is 35.5. The van der Waals surface area contributed by atoms with Gasteiger partial charge < -0.3 is 4.52 Å². The smallest absolute Gasteiger partial charge is 0.217 e. The molecule has 0 spiro atoms. The molecule has 3 heterocycles. The molecule has 142 valence electrons. The first-order chi connectivity index (χ1) is 13.1. The minimum atomic E-state index is 0.555. The van der Waals surface area contributed by atoms with Gasteiger partial charge in [0.2, 0.25) is 4.77 Å². The summed E-state index contributed by atoms with van der Waals surface area (Å²) in [5.74, 6) is 1.68. The number of H-pyrrole nitrogens is 1. The van der Waals surface area contributed by atoms with E-state index in [1.165, 1.54) is 0 Å². The summed E-state index contributed by atoms with van der Waals surface area (Å²) in [6.45, 7) is 7.33. The number of aryl methyl sites for hydroxylation is 1. The molecule has 2 aromatic heterocycles. The number of benzene rings is 1. The Kier molecular flexibility index (Phi) is 5.40. The standard InChI is InChI=1S/C18H21ClN6OS/c1-13-10-16(26-22-13)11-23-6-8-24(9-7-23)12-25-18(27)20-17(21-25)14-2-4-15(19)5-3-14/h2-5,10H,6-9,11-12H2,1H3,(H,20,21,27). The number of nitrogens with zero attached hydrogens (tertiary/aromatic N) is 5. The van der Waals surface area contributed by atoms with Crippen molar-refractivity contribution in [3.63, 3.8) is 0 Å². The van der Waals surface area contributed by atoms with Gasteiger partial charge in [-0.3, -0.25) is 14.9 Å². The molecular weight excluding hydrogens is 384 g/mol. The predicted octanol–water partition coefficient (Wildman–Crippen LogP) is 3.33. The Bertz CT molecular complexity index is 955. The van der Waals surface area contributed by atoms with E-state index in [1.807, 2.05) is 41.9 Å². The van der Waals surface area contributed by atoms with E-state index in [9.17, 15) is 0 Å². The normalized spacial score (nSPS) is 16.1. The van der Waals surface area contributed by atoms with Gasteiger partial charge in [0.15, 0.2) is 11.6 Å². The lowest BCUT2D eigenvalue weighted by Crippen LogP contribution is -2.46. The summed E-state index contributed by atoms with van der Waals surface area (Å²) in [7, 11) is 0. The number of hydrogen-bond acceptors (Lipinski definition) is 6. The van der Waals surface area contributed by atoms with Crippen LogP contribution in [0.15, 0.2) is 34.9 Å². The highest BCUT2D eigenvalue weighted by Gasteiger charge is 2.19. The molecule has 0 radical (unpaired) electrons. The molecule has 0 saturated carbocycles. The van der Waals surface area contributed by atoms with Gasteiger partial charge in [-0.25, -0.2) is 4.68 Å². The summed E-state index contributed by atoms with van der Waals surface area (Å²) in [5, 5.41) is 7.95. The Morgan fingerprint density at radius 1 is 1.15 bits per heavy atom. The molecule has 1 aromatic carbocycles. The molecule has 1 fully saturated rings. The quantitative estimate of drug-likeness (QED) is 0.658. The molecule has 0 aliphatic carbocycles. The van der Waals surface area contributed by atoms with Crippen LogP contribution in [0.5, 0.6) is 0 Å². The summed E-state index contributed by atoms with van der Waals surface area (Å²) in [6.07, 6.45) is 0. The molecule has 0 bridgehead atoms. The first-order valence-corrected chi connectivity index (χ1v) is 9.65. The van der Waals surface area contributed by atoms with Crippen molar-refractivity contribution >= 4 is 23.8 Å². The van der Waals surface area contributed by atoms with Gasteiger partial charge in [-0.2, -0.15) is 4.98 Å². The summed E-state index contributed by atoms with van der Waals surface area (Å²) >= 11 is 11.4. The Labute approximate surface area is 167 Å². The van der Waals surface area contributed by atoms with Crippen LogP contribution in [0.3, 0.4) is 0 Å². The SMILES string of the molecule is Cc1cc(CN2CCN(Cn3[nH]c(-c4ccc(Cl)cc4)nc3=S)CC2)on1. The second-order valence-corrected chi connectivity index (χ2v) is 7.56. The molecule has 27 heavy (non-hydrogen) atoms. The summed E-state index contributed by atoms with van der Waals surface area (Å²) in [5.41, 5.74) is 1.89. The van der Waals surface area contributed by atoms with Crippen LogP contribution in [0, 0.1) is 11.7 Å². The highest BCUT2D eigenvalue weighted by molar-refractivity contribution is 7.71. The predicted molar refractivity (Wildman–Crippen MR) is 106 cm³/mol. The maximum atomic E-state index is 5.95. The van der Waals surface area contributed by atoms with Crippen molar-refractivity contribution < 1.29 is 4.52 Å². The van der Waals surface area contributed by atoms with Crippen LogP contribution >= 0.6 is 23.8 Å². The van der Waals surface area contributed by atoms with Crippen molar-refractivity contribution in [2.24, 2.45) is 0 Å². The van der Waals surface area contributed by atoms with E-state index in [0.29, 0.717) is 16.5 Å². The van der Waals surface area contributed by atoms with Gasteiger partial charge in [-0.15, -0.1) is 0 Å². The van der Waals surface area contributed by atoms with Crippen molar-refractivity contribution in [3.8, 4) is 11.4 Å².